The Bertz CT molecular complexity index is 618. The molecule has 134 valence electrons. The minimum atomic E-state index is -0.309. The van der Waals surface area contributed by atoms with Crippen LogP contribution in [0.3, 0.4) is 0 Å². The molecule has 0 aromatic heterocycles. The van der Waals surface area contributed by atoms with E-state index in [1.807, 2.05) is 24.3 Å². The summed E-state index contributed by atoms with van der Waals surface area (Å²) in [5, 5.41) is 2.78. The van der Waals surface area contributed by atoms with Crippen LogP contribution in [-0.2, 0) is 14.4 Å². The molecule has 25 heavy (non-hydrogen) atoms. The van der Waals surface area contributed by atoms with Crippen LogP contribution >= 0.6 is 0 Å². The van der Waals surface area contributed by atoms with Crippen molar-refractivity contribution in [3.63, 3.8) is 0 Å². The van der Waals surface area contributed by atoms with E-state index in [0.29, 0.717) is 31.9 Å². The number of rotatable bonds is 5. The Morgan fingerprint density at radius 1 is 0.960 bits per heavy atom. The SMILES string of the molecule is O=CN1CCN(C(=O)CC(=O)Nc2ccc(N3CCCC3)cc2)CC1. The maximum atomic E-state index is 12.2. The van der Waals surface area contributed by atoms with Gasteiger partial charge in [0.15, 0.2) is 0 Å². The number of anilines is 2. The van der Waals surface area contributed by atoms with Gasteiger partial charge in [-0.25, -0.2) is 0 Å². The second kappa shape index (κ2) is 8.00. The van der Waals surface area contributed by atoms with Gasteiger partial charge in [0.2, 0.25) is 18.2 Å². The number of benzene rings is 1. The lowest BCUT2D eigenvalue weighted by atomic mass is 10.2. The van der Waals surface area contributed by atoms with Gasteiger partial charge in [-0.05, 0) is 37.1 Å². The molecular formula is C18H24N4O3. The predicted octanol–water partition coefficient (Wildman–Crippen LogP) is 0.916. The number of nitrogens with zero attached hydrogens (tertiary/aromatic N) is 3. The molecule has 1 aromatic rings. The summed E-state index contributed by atoms with van der Waals surface area (Å²) in [6.45, 7) is 4.17. The van der Waals surface area contributed by atoms with Crippen LogP contribution in [0.1, 0.15) is 19.3 Å². The van der Waals surface area contributed by atoms with Gasteiger partial charge in [-0.15, -0.1) is 0 Å². The van der Waals surface area contributed by atoms with Crippen LogP contribution in [0.4, 0.5) is 11.4 Å². The highest BCUT2D eigenvalue weighted by molar-refractivity contribution is 6.03. The Morgan fingerprint density at radius 3 is 2.20 bits per heavy atom. The van der Waals surface area contributed by atoms with Gasteiger partial charge in [0.25, 0.3) is 0 Å². The highest BCUT2D eigenvalue weighted by Gasteiger charge is 2.22. The molecule has 0 radical (unpaired) electrons. The molecule has 0 aliphatic carbocycles. The highest BCUT2D eigenvalue weighted by Crippen LogP contribution is 2.22. The summed E-state index contributed by atoms with van der Waals surface area (Å²) in [4.78, 5) is 40.5. The maximum absolute atomic E-state index is 12.2. The third kappa shape index (κ3) is 4.49. The molecule has 3 amide bonds. The van der Waals surface area contributed by atoms with E-state index < -0.39 is 0 Å². The lowest BCUT2D eigenvalue weighted by Gasteiger charge is -2.32. The van der Waals surface area contributed by atoms with Crippen LogP contribution in [0, 0.1) is 0 Å². The minimum absolute atomic E-state index is 0.172. The van der Waals surface area contributed by atoms with Crippen LogP contribution in [0.2, 0.25) is 0 Å². The van der Waals surface area contributed by atoms with Gasteiger partial charge in [-0.3, -0.25) is 14.4 Å². The smallest absolute Gasteiger partial charge is 0.233 e. The number of carbonyl (C=O) groups excluding carboxylic acids is 3. The number of piperazine rings is 1. The number of nitrogens with one attached hydrogen (secondary N) is 1. The van der Waals surface area contributed by atoms with E-state index in [1.54, 1.807) is 9.80 Å². The molecular weight excluding hydrogens is 320 g/mol. The molecule has 1 aromatic carbocycles. The fraction of sp³-hybridized carbons (Fsp3) is 0.500. The monoisotopic (exact) mass is 344 g/mol. The zero-order valence-electron chi connectivity index (χ0n) is 14.3. The number of carbonyl (C=O) groups is 3. The normalized spacial score (nSPS) is 17.5. The summed E-state index contributed by atoms with van der Waals surface area (Å²) in [6, 6.07) is 7.75. The van der Waals surface area contributed by atoms with E-state index in [-0.39, 0.29) is 18.2 Å². The highest BCUT2D eigenvalue weighted by atomic mass is 16.2. The third-order valence-corrected chi connectivity index (χ3v) is 4.75. The molecule has 2 fully saturated rings. The summed E-state index contributed by atoms with van der Waals surface area (Å²) in [5.41, 5.74) is 1.87. The van der Waals surface area contributed by atoms with Crippen molar-refractivity contribution in [2.75, 3.05) is 49.5 Å². The van der Waals surface area contributed by atoms with Crippen molar-refractivity contribution in [1.29, 1.82) is 0 Å². The first-order valence-electron chi connectivity index (χ1n) is 8.78. The van der Waals surface area contributed by atoms with Gasteiger partial charge in [0.1, 0.15) is 6.42 Å². The quantitative estimate of drug-likeness (QED) is 0.637. The van der Waals surface area contributed by atoms with Crippen molar-refractivity contribution in [3.05, 3.63) is 24.3 Å². The molecule has 0 bridgehead atoms. The topological polar surface area (TPSA) is 73.0 Å². The maximum Gasteiger partial charge on any atom is 0.233 e. The van der Waals surface area contributed by atoms with Crippen molar-refractivity contribution >= 4 is 29.6 Å². The zero-order chi connectivity index (χ0) is 17.6. The van der Waals surface area contributed by atoms with Gasteiger partial charge in [-0.2, -0.15) is 0 Å². The van der Waals surface area contributed by atoms with Crippen molar-refractivity contribution < 1.29 is 14.4 Å². The van der Waals surface area contributed by atoms with Crippen molar-refractivity contribution in [2.24, 2.45) is 0 Å². The second-order valence-electron chi connectivity index (χ2n) is 6.49. The first-order chi connectivity index (χ1) is 12.2. The minimum Gasteiger partial charge on any atom is -0.372 e. The molecule has 2 heterocycles. The van der Waals surface area contributed by atoms with E-state index in [4.69, 9.17) is 0 Å². The van der Waals surface area contributed by atoms with Crippen molar-refractivity contribution in [3.8, 4) is 0 Å². The van der Waals surface area contributed by atoms with Crippen LogP contribution < -0.4 is 10.2 Å². The number of hydrogen-bond donors (Lipinski definition) is 1. The van der Waals surface area contributed by atoms with E-state index in [2.05, 4.69) is 10.2 Å². The lowest BCUT2D eigenvalue weighted by Crippen LogP contribution is -2.48. The van der Waals surface area contributed by atoms with Crippen LogP contribution in [0.25, 0.3) is 0 Å². The van der Waals surface area contributed by atoms with E-state index >= 15 is 0 Å². The molecule has 0 unspecified atom stereocenters. The van der Waals surface area contributed by atoms with Gasteiger partial charge in [0, 0.05) is 50.6 Å². The van der Waals surface area contributed by atoms with Gasteiger partial charge < -0.3 is 20.0 Å². The average molecular weight is 344 g/mol. The molecule has 2 aliphatic rings. The second-order valence-corrected chi connectivity index (χ2v) is 6.49. The molecule has 2 aliphatic heterocycles. The Balaban J connectivity index is 1.47. The third-order valence-electron chi connectivity index (χ3n) is 4.75. The molecule has 3 rings (SSSR count). The summed E-state index contributed by atoms with van der Waals surface area (Å²) in [7, 11) is 0. The largest absolute Gasteiger partial charge is 0.372 e. The fourth-order valence-corrected chi connectivity index (χ4v) is 3.26. The zero-order valence-corrected chi connectivity index (χ0v) is 14.3. The van der Waals surface area contributed by atoms with Gasteiger partial charge in [0.05, 0.1) is 0 Å². The standard InChI is InChI=1S/C18H24N4O3/c23-14-20-9-11-22(12-10-20)18(25)13-17(24)19-15-3-5-16(6-4-15)21-7-1-2-8-21/h3-6,14H,1-2,7-13H2,(H,19,24). The fourth-order valence-electron chi connectivity index (χ4n) is 3.26. The molecule has 0 saturated carbocycles. The predicted molar refractivity (Wildman–Crippen MR) is 95.4 cm³/mol. The molecule has 7 heteroatoms. The number of hydrogen-bond acceptors (Lipinski definition) is 4. The molecule has 1 N–H and O–H groups in total. The summed E-state index contributed by atoms with van der Waals surface area (Å²) in [5.74, 6) is -0.506. The van der Waals surface area contributed by atoms with Crippen molar-refractivity contribution in [1.82, 2.24) is 9.80 Å². The first kappa shape index (κ1) is 17.3. The first-order valence-corrected chi connectivity index (χ1v) is 8.78. The molecule has 7 nitrogen and oxygen atoms in total. The van der Waals surface area contributed by atoms with E-state index in [0.717, 1.165) is 19.5 Å². The number of amides is 3. The van der Waals surface area contributed by atoms with Crippen LogP contribution in [-0.4, -0.2) is 67.3 Å². The average Bonchev–Trinajstić information content (AvgIpc) is 3.17. The van der Waals surface area contributed by atoms with Gasteiger partial charge >= 0.3 is 0 Å². The molecule has 0 spiro atoms. The molecule has 0 atom stereocenters. The van der Waals surface area contributed by atoms with E-state index in [9.17, 15) is 14.4 Å². The van der Waals surface area contributed by atoms with Gasteiger partial charge in [-0.1, -0.05) is 0 Å². The Kier molecular flexibility index (Phi) is 5.53. The molecule has 2 saturated heterocycles. The van der Waals surface area contributed by atoms with Crippen molar-refractivity contribution in [2.45, 2.75) is 19.3 Å². The Hall–Kier alpha value is -2.57. The van der Waals surface area contributed by atoms with E-state index in [1.165, 1.54) is 18.5 Å². The summed E-state index contributed by atoms with van der Waals surface area (Å²) in [6.07, 6.45) is 3.07. The summed E-state index contributed by atoms with van der Waals surface area (Å²) >= 11 is 0. The summed E-state index contributed by atoms with van der Waals surface area (Å²) < 4.78 is 0. The Morgan fingerprint density at radius 2 is 1.60 bits per heavy atom. The van der Waals surface area contributed by atoms with Crippen LogP contribution in [0.5, 0.6) is 0 Å². The van der Waals surface area contributed by atoms with Crippen LogP contribution in [0.15, 0.2) is 24.3 Å². The Labute approximate surface area is 147 Å². The lowest BCUT2D eigenvalue weighted by molar-refractivity contribution is -0.137.